The lowest BCUT2D eigenvalue weighted by Gasteiger charge is -2.22. The van der Waals surface area contributed by atoms with E-state index in [2.05, 4.69) is 119 Å². The summed E-state index contributed by atoms with van der Waals surface area (Å²) in [5.74, 6) is 1.64. The summed E-state index contributed by atoms with van der Waals surface area (Å²) < 4.78 is 5.01. The summed E-state index contributed by atoms with van der Waals surface area (Å²) in [5, 5.41) is 8.66. The fraction of sp³-hybridized carbons (Fsp3) is 0.0256. The molecule has 5 heteroatoms. The highest BCUT2D eigenvalue weighted by Crippen LogP contribution is 2.40. The second kappa shape index (κ2) is 10.0. The summed E-state index contributed by atoms with van der Waals surface area (Å²) in [5.41, 5.74) is 6.66. The van der Waals surface area contributed by atoms with Crippen LogP contribution in [0.15, 0.2) is 156 Å². The molecule has 208 valence electrons. The van der Waals surface area contributed by atoms with Gasteiger partial charge in [0.05, 0.1) is 11.0 Å². The Bertz CT molecular complexity index is 2340. The van der Waals surface area contributed by atoms with Crippen molar-refractivity contribution in [3.05, 3.63) is 162 Å². The Labute approximate surface area is 258 Å². The van der Waals surface area contributed by atoms with Gasteiger partial charge < -0.3 is 9.88 Å². The third-order valence-electron chi connectivity index (χ3n) is 8.45. The molecule has 8 aromatic rings. The maximum absolute atomic E-state index is 5.06. The number of fused-ring (bicyclic) bond motifs is 6. The highest BCUT2D eigenvalue weighted by atomic mass is 32.1. The zero-order chi connectivity index (χ0) is 29.0. The molecule has 6 aromatic carbocycles. The van der Waals surface area contributed by atoms with Crippen LogP contribution in [-0.2, 0) is 0 Å². The Hall–Kier alpha value is -5.52. The second-order valence-corrected chi connectivity index (χ2v) is 12.2. The number of aromatic nitrogens is 1. The SMILES string of the molecule is c1ccc(C2=NC(c3ccc(-n4c5ccccc5c5cc6c(cc54)sc4ccccc46)cc3)N=C(c3ccccc3)N2)cc1. The van der Waals surface area contributed by atoms with Crippen molar-refractivity contribution in [1.29, 1.82) is 0 Å². The van der Waals surface area contributed by atoms with E-state index in [1.165, 1.54) is 42.0 Å². The largest absolute Gasteiger partial charge is 0.324 e. The van der Waals surface area contributed by atoms with Gasteiger partial charge in [0.25, 0.3) is 0 Å². The second-order valence-electron chi connectivity index (χ2n) is 11.1. The first kappa shape index (κ1) is 25.0. The minimum Gasteiger partial charge on any atom is -0.324 e. The minimum absolute atomic E-state index is 0.355. The van der Waals surface area contributed by atoms with Gasteiger partial charge in [0.1, 0.15) is 11.7 Å². The van der Waals surface area contributed by atoms with Crippen LogP contribution in [0, 0.1) is 0 Å². The van der Waals surface area contributed by atoms with Crippen LogP contribution in [0.3, 0.4) is 0 Å². The molecule has 3 heterocycles. The zero-order valence-corrected chi connectivity index (χ0v) is 24.5. The van der Waals surface area contributed by atoms with E-state index < -0.39 is 0 Å². The zero-order valence-electron chi connectivity index (χ0n) is 23.7. The molecule has 0 unspecified atom stereocenters. The maximum atomic E-state index is 5.06. The van der Waals surface area contributed by atoms with Crippen molar-refractivity contribution < 1.29 is 0 Å². The molecule has 2 aromatic heterocycles. The molecule has 1 aliphatic rings. The molecule has 44 heavy (non-hydrogen) atoms. The summed E-state index contributed by atoms with van der Waals surface area (Å²) in [6.45, 7) is 0. The number of hydrogen-bond donors (Lipinski definition) is 1. The van der Waals surface area contributed by atoms with Crippen molar-refractivity contribution in [1.82, 2.24) is 9.88 Å². The minimum atomic E-state index is -0.355. The molecule has 0 spiro atoms. The Morgan fingerprint density at radius 1 is 0.500 bits per heavy atom. The van der Waals surface area contributed by atoms with Gasteiger partial charge in [-0.2, -0.15) is 0 Å². The fourth-order valence-electron chi connectivity index (χ4n) is 6.35. The first-order chi connectivity index (χ1) is 21.8. The number of nitrogens with one attached hydrogen (secondary N) is 1. The summed E-state index contributed by atoms with van der Waals surface area (Å²) >= 11 is 1.86. The topological polar surface area (TPSA) is 41.7 Å². The van der Waals surface area contributed by atoms with Gasteiger partial charge in [-0.15, -0.1) is 11.3 Å². The number of hydrogen-bond acceptors (Lipinski definition) is 4. The van der Waals surface area contributed by atoms with Gasteiger partial charge in [-0.1, -0.05) is 109 Å². The van der Waals surface area contributed by atoms with Crippen LogP contribution in [0.5, 0.6) is 0 Å². The smallest absolute Gasteiger partial charge is 0.169 e. The van der Waals surface area contributed by atoms with Crippen molar-refractivity contribution in [3.63, 3.8) is 0 Å². The van der Waals surface area contributed by atoms with E-state index in [-0.39, 0.29) is 6.17 Å². The van der Waals surface area contributed by atoms with Crippen LogP contribution in [0.2, 0.25) is 0 Å². The van der Waals surface area contributed by atoms with Crippen LogP contribution in [0.4, 0.5) is 0 Å². The van der Waals surface area contributed by atoms with Crippen LogP contribution < -0.4 is 5.32 Å². The van der Waals surface area contributed by atoms with Gasteiger partial charge in [-0.25, -0.2) is 9.98 Å². The quantitative estimate of drug-likeness (QED) is 0.221. The molecule has 1 aliphatic heterocycles. The van der Waals surface area contributed by atoms with E-state index >= 15 is 0 Å². The van der Waals surface area contributed by atoms with Crippen LogP contribution in [0.25, 0.3) is 47.7 Å². The molecule has 1 N–H and O–H groups in total. The molecule has 0 aliphatic carbocycles. The number of thiophene rings is 1. The molecule has 0 atom stereocenters. The first-order valence-electron chi connectivity index (χ1n) is 14.8. The van der Waals surface area contributed by atoms with E-state index in [9.17, 15) is 0 Å². The Morgan fingerprint density at radius 3 is 1.82 bits per heavy atom. The summed E-state index contributed by atoms with van der Waals surface area (Å²) in [4.78, 5) is 10.1. The van der Waals surface area contributed by atoms with Gasteiger partial charge in [-0.05, 0) is 42.0 Å². The fourth-order valence-corrected chi connectivity index (χ4v) is 7.47. The molecule has 9 rings (SSSR count). The average molecular weight is 583 g/mol. The van der Waals surface area contributed by atoms with Crippen LogP contribution in [-0.4, -0.2) is 16.2 Å². The molecule has 0 fully saturated rings. The average Bonchev–Trinajstić information content (AvgIpc) is 3.62. The molecule has 0 amide bonds. The lowest BCUT2D eigenvalue weighted by molar-refractivity contribution is 0.755. The van der Waals surface area contributed by atoms with Crippen LogP contribution >= 0.6 is 11.3 Å². The third kappa shape index (κ3) is 4.05. The van der Waals surface area contributed by atoms with Gasteiger partial charge in [0.15, 0.2) is 6.17 Å². The van der Waals surface area contributed by atoms with E-state index in [1.807, 2.05) is 47.7 Å². The van der Waals surface area contributed by atoms with Crippen molar-refractivity contribution in [3.8, 4) is 5.69 Å². The normalized spacial score (nSPS) is 13.8. The summed E-state index contributed by atoms with van der Waals surface area (Å²) in [7, 11) is 0. The van der Waals surface area contributed by atoms with Crippen LogP contribution in [0.1, 0.15) is 22.9 Å². The maximum Gasteiger partial charge on any atom is 0.169 e. The number of amidine groups is 2. The summed E-state index contributed by atoms with van der Waals surface area (Å²) in [6.07, 6.45) is -0.355. The molecule has 0 bridgehead atoms. The lowest BCUT2D eigenvalue weighted by Crippen LogP contribution is -2.35. The van der Waals surface area contributed by atoms with Crippen molar-refractivity contribution >= 4 is 65.0 Å². The van der Waals surface area contributed by atoms with E-state index in [4.69, 9.17) is 9.98 Å². The molecule has 0 saturated carbocycles. The highest BCUT2D eigenvalue weighted by molar-refractivity contribution is 7.25. The Balaban J connectivity index is 1.18. The van der Waals surface area contributed by atoms with Gasteiger partial charge in [0.2, 0.25) is 0 Å². The van der Waals surface area contributed by atoms with Gasteiger partial charge in [-0.3, -0.25) is 0 Å². The number of nitrogens with zero attached hydrogens (tertiary/aromatic N) is 3. The Kier molecular flexibility index (Phi) is 5.71. The van der Waals surface area contributed by atoms with Crippen molar-refractivity contribution in [2.75, 3.05) is 0 Å². The number of aliphatic imine (C=N–C) groups is 2. The van der Waals surface area contributed by atoms with Crippen molar-refractivity contribution in [2.24, 2.45) is 9.98 Å². The number of rotatable bonds is 4. The van der Waals surface area contributed by atoms with E-state index in [0.29, 0.717) is 0 Å². The van der Waals surface area contributed by atoms with E-state index in [0.717, 1.165) is 34.0 Å². The highest BCUT2D eigenvalue weighted by Gasteiger charge is 2.21. The molecular weight excluding hydrogens is 557 g/mol. The predicted molar refractivity (Wildman–Crippen MR) is 186 cm³/mol. The lowest BCUT2D eigenvalue weighted by atomic mass is 10.1. The first-order valence-corrected chi connectivity index (χ1v) is 15.6. The van der Waals surface area contributed by atoms with E-state index in [1.54, 1.807) is 0 Å². The summed E-state index contributed by atoms with van der Waals surface area (Å²) in [6, 6.07) is 51.4. The predicted octanol–water partition coefficient (Wildman–Crippen LogP) is 9.65. The standard InChI is InChI=1S/C39H26N4S/c1-3-11-25(12-4-1)37-40-38(26-13-5-2-6-14-26)42-39(41-37)27-19-21-28(22-20-27)43-33-17-9-7-15-29(33)31-23-32-30-16-8-10-18-35(30)44-36(32)24-34(31)43/h1-24,39H,(H,40,41,42). The molecule has 0 saturated heterocycles. The Morgan fingerprint density at radius 2 is 1.11 bits per heavy atom. The van der Waals surface area contributed by atoms with Crippen molar-refractivity contribution in [2.45, 2.75) is 6.17 Å². The molecular formula is C39H26N4S. The monoisotopic (exact) mass is 582 g/mol. The van der Waals surface area contributed by atoms with Gasteiger partial charge >= 0.3 is 0 Å². The third-order valence-corrected chi connectivity index (χ3v) is 9.59. The molecule has 4 nitrogen and oxygen atoms in total. The number of para-hydroxylation sites is 1. The molecule has 0 radical (unpaired) electrons. The van der Waals surface area contributed by atoms with Gasteiger partial charge in [0, 0.05) is 47.8 Å². The number of benzene rings is 6.